The average molecular weight is 456 g/mol. The number of imidazole rings is 1. The molecule has 1 aromatic heterocycles. The first-order chi connectivity index (χ1) is 11.7. The molecule has 0 saturated carbocycles. The van der Waals surface area contributed by atoms with Gasteiger partial charge in [0.1, 0.15) is 5.82 Å². The van der Waals surface area contributed by atoms with Crippen LogP contribution in [0.3, 0.4) is 0 Å². The minimum absolute atomic E-state index is 0. The van der Waals surface area contributed by atoms with E-state index in [4.69, 9.17) is 5.73 Å². The van der Waals surface area contributed by atoms with Crippen molar-refractivity contribution < 1.29 is 0 Å². The van der Waals surface area contributed by atoms with E-state index in [1.807, 2.05) is 25.1 Å². The zero-order chi connectivity index (χ0) is 16.9. The molecule has 0 aliphatic carbocycles. The van der Waals surface area contributed by atoms with Crippen LogP contribution in [0.25, 0.3) is 11.0 Å². The van der Waals surface area contributed by atoms with E-state index in [1.54, 1.807) is 0 Å². The van der Waals surface area contributed by atoms with E-state index in [2.05, 4.69) is 37.8 Å². The van der Waals surface area contributed by atoms with Gasteiger partial charge in [-0.3, -0.25) is 9.89 Å². The summed E-state index contributed by atoms with van der Waals surface area (Å²) < 4.78 is 2.21. The number of guanidine groups is 1. The van der Waals surface area contributed by atoms with Crippen LogP contribution in [0.15, 0.2) is 29.3 Å². The monoisotopic (exact) mass is 456 g/mol. The molecule has 6 nitrogen and oxygen atoms in total. The molecule has 3 N–H and O–H groups in total. The molecule has 2 aromatic rings. The van der Waals surface area contributed by atoms with E-state index in [0.717, 1.165) is 43.0 Å². The largest absolute Gasteiger partial charge is 0.370 e. The van der Waals surface area contributed by atoms with E-state index < -0.39 is 0 Å². The zero-order valence-corrected chi connectivity index (χ0v) is 17.4. The van der Waals surface area contributed by atoms with Crippen LogP contribution < -0.4 is 11.1 Å². The first-order valence-corrected chi connectivity index (χ1v) is 8.88. The van der Waals surface area contributed by atoms with Gasteiger partial charge in [0.05, 0.1) is 17.6 Å². The van der Waals surface area contributed by atoms with Crippen LogP contribution in [-0.4, -0.2) is 52.6 Å². The molecule has 0 bridgehead atoms. The fraction of sp³-hybridized carbons (Fsp3) is 0.556. The van der Waals surface area contributed by atoms with Gasteiger partial charge in [0.25, 0.3) is 0 Å². The van der Waals surface area contributed by atoms with Crippen molar-refractivity contribution in [1.82, 2.24) is 19.8 Å². The second-order valence-corrected chi connectivity index (χ2v) is 6.38. The number of halogens is 1. The van der Waals surface area contributed by atoms with Gasteiger partial charge in [-0.25, -0.2) is 4.98 Å². The summed E-state index contributed by atoms with van der Waals surface area (Å²) >= 11 is 0. The number of aromatic nitrogens is 2. The molecular weight excluding hydrogens is 427 g/mol. The Morgan fingerprint density at radius 3 is 3.00 bits per heavy atom. The van der Waals surface area contributed by atoms with Gasteiger partial charge in [-0.05, 0) is 45.0 Å². The lowest BCUT2D eigenvalue weighted by molar-refractivity contribution is 0.273. The number of likely N-dealkylation sites (tertiary alicyclic amines) is 1. The lowest BCUT2D eigenvalue weighted by atomic mass is 10.2. The molecule has 138 valence electrons. The van der Waals surface area contributed by atoms with Crippen molar-refractivity contribution in [3.05, 3.63) is 30.1 Å². The summed E-state index contributed by atoms with van der Waals surface area (Å²) in [6, 6.07) is 8.76. The van der Waals surface area contributed by atoms with E-state index in [1.165, 1.54) is 19.4 Å². The fourth-order valence-corrected chi connectivity index (χ4v) is 3.55. The van der Waals surface area contributed by atoms with E-state index >= 15 is 0 Å². The molecule has 25 heavy (non-hydrogen) atoms. The van der Waals surface area contributed by atoms with Crippen LogP contribution in [-0.2, 0) is 6.54 Å². The molecule has 1 aliphatic heterocycles. The van der Waals surface area contributed by atoms with Gasteiger partial charge in [0.2, 0.25) is 0 Å². The Morgan fingerprint density at radius 1 is 1.40 bits per heavy atom. The maximum absolute atomic E-state index is 6.02. The third-order valence-corrected chi connectivity index (χ3v) is 4.86. The standard InChI is InChI=1S/C18H28N6.HI/c1-3-23-11-6-7-15(23)13-21-18(19)20-10-12-24-14(2)22-16-8-4-5-9-17(16)24;/h4-5,8-9,15H,3,6-7,10-13H2,1-2H3,(H3,19,20,21);1H. The topological polar surface area (TPSA) is 71.5 Å². The van der Waals surface area contributed by atoms with Gasteiger partial charge < -0.3 is 15.6 Å². The number of benzene rings is 1. The van der Waals surface area contributed by atoms with Crippen LogP contribution in [0, 0.1) is 6.92 Å². The zero-order valence-electron chi connectivity index (χ0n) is 15.1. The molecule has 0 spiro atoms. The highest BCUT2D eigenvalue weighted by molar-refractivity contribution is 14.0. The Bertz CT molecular complexity index is 711. The van der Waals surface area contributed by atoms with Crippen LogP contribution in [0.2, 0.25) is 0 Å². The highest BCUT2D eigenvalue weighted by Crippen LogP contribution is 2.16. The quantitative estimate of drug-likeness (QED) is 0.398. The van der Waals surface area contributed by atoms with Crippen LogP contribution >= 0.6 is 24.0 Å². The molecule has 7 heteroatoms. The number of hydrogen-bond acceptors (Lipinski definition) is 3. The van der Waals surface area contributed by atoms with E-state index in [0.29, 0.717) is 12.0 Å². The number of nitrogens with zero attached hydrogens (tertiary/aromatic N) is 4. The van der Waals surface area contributed by atoms with Crippen molar-refractivity contribution in [3.8, 4) is 0 Å². The van der Waals surface area contributed by atoms with Gasteiger partial charge in [-0.2, -0.15) is 0 Å². The predicted molar refractivity (Wildman–Crippen MR) is 115 cm³/mol. The number of hydrogen-bond donors (Lipinski definition) is 2. The summed E-state index contributed by atoms with van der Waals surface area (Å²) in [6.45, 7) is 8.90. The second-order valence-electron chi connectivity index (χ2n) is 6.38. The fourth-order valence-electron chi connectivity index (χ4n) is 3.55. The van der Waals surface area contributed by atoms with Gasteiger partial charge >= 0.3 is 0 Å². The summed E-state index contributed by atoms with van der Waals surface area (Å²) in [7, 11) is 0. The molecule has 1 fully saturated rings. The molecule has 1 atom stereocenters. The molecule has 0 radical (unpaired) electrons. The molecule has 1 aromatic carbocycles. The molecular formula is C18H29IN6. The predicted octanol–water partition coefficient (Wildman–Crippen LogP) is 2.35. The first-order valence-electron chi connectivity index (χ1n) is 8.88. The van der Waals surface area contributed by atoms with E-state index in [9.17, 15) is 0 Å². The second kappa shape index (κ2) is 9.38. The molecule has 1 unspecified atom stereocenters. The number of rotatable bonds is 6. The summed E-state index contributed by atoms with van der Waals surface area (Å²) in [5, 5.41) is 3.23. The van der Waals surface area contributed by atoms with Crippen LogP contribution in [0.4, 0.5) is 0 Å². The van der Waals surface area contributed by atoms with Crippen molar-refractivity contribution in [2.24, 2.45) is 10.7 Å². The molecule has 1 saturated heterocycles. The molecule has 3 rings (SSSR count). The molecule has 2 heterocycles. The molecule has 0 amide bonds. The normalized spacial score (nSPS) is 18.5. The number of nitrogens with two attached hydrogens (primary N) is 1. The Balaban J connectivity index is 0.00000225. The summed E-state index contributed by atoms with van der Waals surface area (Å²) in [4.78, 5) is 11.6. The Hall–Kier alpha value is -1.35. The number of likely N-dealkylation sites (N-methyl/N-ethyl adjacent to an activating group) is 1. The first kappa shape index (κ1) is 20.0. The maximum atomic E-state index is 6.02. The van der Waals surface area contributed by atoms with Gasteiger partial charge in [-0.15, -0.1) is 24.0 Å². The number of nitrogens with one attached hydrogen (secondary N) is 1. The van der Waals surface area contributed by atoms with Crippen molar-refractivity contribution in [2.45, 2.75) is 39.3 Å². The maximum Gasteiger partial charge on any atom is 0.188 e. The van der Waals surface area contributed by atoms with Gasteiger partial charge in [0, 0.05) is 19.1 Å². The number of aliphatic imine (C=N–C) groups is 1. The average Bonchev–Trinajstić information content (AvgIpc) is 3.17. The SMILES string of the molecule is CCN1CCCC1CN=C(N)NCCn1c(C)nc2ccccc21.I. The number of fused-ring (bicyclic) bond motifs is 1. The van der Waals surface area contributed by atoms with Gasteiger partial charge in [-0.1, -0.05) is 19.1 Å². The van der Waals surface area contributed by atoms with E-state index in [-0.39, 0.29) is 24.0 Å². The minimum Gasteiger partial charge on any atom is -0.370 e. The summed E-state index contributed by atoms with van der Waals surface area (Å²) in [5.41, 5.74) is 8.23. The number of aryl methyl sites for hydroxylation is 1. The summed E-state index contributed by atoms with van der Waals surface area (Å²) in [5.74, 6) is 1.57. The number of para-hydroxylation sites is 2. The van der Waals surface area contributed by atoms with Crippen molar-refractivity contribution >= 4 is 41.0 Å². The van der Waals surface area contributed by atoms with Crippen molar-refractivity contribution in [3.63, 3.8) is 0 Å². The Kier molecular flexibility index (Phi) is 7.49. The lowest BCUT2D eigenvalue weighted by Crippen LogP contribution is -2.37. The Morgan fingerprint density at radius 2 is 2.20 bits per heavy atom. The van der Waals surface area contributed by atoms with Gasteiger partial charge in [0.15, 0.2) is 5.96 Å². The van der Waals surface area contributed by atoms with Crippen LogP contribution in [0.5, 0.6) is 0 Å². The smallest absolute Gasteiger partial charge is 0.188 e. The highest BCUT2D eigenvalue weighted by Gasteiger charge is 2.22. The highest BCUT2D eigenvalue weighted by atomic mass is 127. The molecule has 1 aliphatic rings. The lowest BCUT2D eigenvalue weighted by Gasteiger charge is -2.21. The van der Waals surface area contributed by atoms with Crippen LogP contribution in [0.1, 0.15) is 25.6 Å². The third-order valence-electron chi connectivity index (χ3n) is 4.86. The van der Waals surface area contributed by atoms with Crippen molar-refractivity contribution in [2.75, 3.05) is 26.2 Å². The van der Waals surface area contributed by atoms with Crippen molar-refractivity contribution in [1.29, 1.82) is 0 Å². The summed E-state index contributed by atoms with van der Waals surface area (Å²) in [6.07, 6.45) is 2.50. The third kappa shape index (κ3) is 4.84. The Labute approximate surface area is 166 Å². The minimum atomic E-state index is 0.